The van der Waals surface area contributed by atoms with E-state index in [4.69, 9.17) is 11.4 Å². The van der Waals surface area contributed by atoms with Crippen molar-refractivity contribution in [2.45, 2.75) is 4.90 Å². The lowest BCUT2D eigenvalue weighted by molar-refractivity contribution is 0.585. The number of hydrogen-bond acceptors (Lipinski definition) is 4. The summed E-state index contributed by atoms with van der Waals surface area (Å²) in [4.78, 5) is 4.51. The van der Waals surface area contributed by atoms with Crippen molar-refractivity contribution in [2.24, 2.45) is 11.0 Å². The second-order valence-corrected chi connectivity index (χ2v) is 5.12. The summed E-state index contributed by atoms with van der Waals surface area (Å²) in [6, 6.07) is 9.50. The van der Waals surface area contributed by atoms with Crippen LogP contribution in [0.5, 0.6) is 0 Å². The lowest BCUT2D eigenvalue weighted by Crippen LogP contribution is -2.30. The van der Waals surface area contributed by atoms with E-state index in [1.807, 2.05) is 0 Å². The summed E-state index contributed by atoms with van der Waals surface area (Å²) in [5.41, 5.74) is 8.83. The van der Waals surface area contributed by atoms with Gasteiger partial charge in [-0.05, 0) is 17.0 Å². The zero-order valence-corrected chi connectivity index (χ0v) is 9.92. The minimum absolute atomic E-state index is 0.0393. The van der Waals surface area contributed by atoms with Crippen molar-refractivity contribution >= 4 is 26.5 Å². The minimum atomic E-state index is -3.76. The van der Waals surface area contributed by atoms with Crippen molar-refractivity contribution in [3.63, 3.8) is 0 Å². The predicted molar refractivity (Wildman–Crippen MR) is 67.3 cm³/mol. The highest BCUT2D eigenvalue weighted by atomic mass is 32.2. The second-order valence-electron chi connectivity index (χ2n) is 3.44. The number of nitrogens with zero attached hydrogens (tertiary/aromatic N) is 3. The maximum Gasteiger partial charge on any atom is 0.253 e. The summed E-state index contributed by atoms with van der Waals surface area (Å²) in [6.07, 6.45) is 0. The molecule has 18 heavy (non-hydrogen) atoms. The molecule has 0 saturated carbocycles. The van der Waals surface area contributed by atoms with E-state index in [1.54, 1.807) is 29.1 Å². The quantitative estimate of drug-likeness (QED) is 0.289. The largest absolute Gasteiger partial charge is 0.257 e. The maximum absolute atomic E-state index is 11.7. The molecule has 0 atom stereocenters. The van der Waals surface area contributed by atoms with Crippen LogP contribution in [0.2, 0.25) is 0 Å². The fraction of sp³-hybridized carbons (Fsp3) is 0. The van der Waals surface area contributed by atoms with Crippen LogP contribution in [0, 0.1) is 0 Å². The van der Waals surface area contributed by atoms with Gasteiger partial charge >= 0.3 is 0 Å². The Labute approximate surface area is 103 Å². The van der Waals surface area contributed by atoms with Gasteiger partial charge in [-0.1, -0.05) is 35.4 Å². The Morgan fingerprint density at radius 1 is 1.17 bits per heavy atom. The van der Waals surface area contributed by atoms with Crippen molar-refractivity contribution in [1.82, 2.24) is 4.83 Å². The molecule has 2 aromatic carbocycles. The Hall–Kier alpha value is -2.12. The Morgan fingerprint density at radius 2 is 1.83 bits per heavy atom. The van der Waals surface area contributed by atoms with Crippen LogP contribution in [0.15, 0.2) is 46.4 Å². The van der Waals surface area contributed by atoms with Crippen LogP contribution in [0.1, 0.15) is 0 Å². The summed E-state index contributed by atoms with van der Waals surface area (Å²) in [7, 11) is -3.76. The van der Waals surface area contributed by atoms with Crippen molar-refractivity contribution in [3.8, 4) is 0 Å². The van der Waals surface area contributed by atoms with E-state index >= 15 is 0 Å². The third-order valence-electron chi connectivity index (χ3n) is 2.46. The zero-order valence-electron chi connectivity index (χ0n) is 9.11. The van der Waals surface area contributed by atoms with E-state index in [9.17, 15) is 8.42 Å². The van der Waals surface area contributed by atoms with E-state index in [-0.39, 0.29) is 4.90 Å². The van der Waals surface area contributed by atoms with Gasteiger partial charge in [-0.15, -0.1) is 0 Å². The van der Waals surface area contributed by atoms with E-state index in [0.29, 0.717) is 16.5 Å². The standard InChI is InChI=1S/C10H9N5O2S/c11-14-13-9-5-6-10(18(16,17)15-12)8-4-2-1-3-7(8)9/h1-6,15H,12H2. The SMILES string of the molecule is [N-]=[N+]=Nc1ccc(S(=O)(=O)NN)c2ccccc12. The molecule has 0 aliphatic carbocycles. The second kappa shape index (κ2) is 4.63. The highest BCUT2D eigenvalue weighted by molar-refractivity contribution is 7.89. The van der Waals surface area contributed by atoms with Crippen LogP contribution in [0.25, 0.3) is 21.2 Å². The number of fused-ring (bicyclic) bond motifs is 1. The molecule has 2 aromatic rings. The summed E-state index contributed by atoms with van der Waals surface area (Å²) < 4.78 is 23.5. The molecule has 0 saturated heterocycles. The van der Waals surface area contributed by atoms with Gasteiger partial charge in [-0.25, -0.2) is 8.42 Å². The minimum Gasteiger partial charge on any atom is -0.257 e. The first kappa shape index (κ1) is 12.3. The third-order valence-corrected chi connectivity index (χ3v) is 3.70. The average Bonchev–Trinajstić information content (AvgIpc) is 2.39. The predicted octanol–water partition coefficient (Wildman–Crippen LogP) is 1.93. The Bertz CT molecular complexity index is 750. The van der Waals surface area contributed by atoms with Crippen LogP contribution >= 0.6 is 0 Å². The van der Waals surface area contributed by atoms with Gasteiger partial charge in [0.25, 0.3) is 10.0 Å². The van der Waals surface area contributed by atoms with Gasteiger partial charge in [0.15, 0.2) is 0 Å². The number of nitrogens with two attached hydrogens (primary N) is 1. The molecule has 2 rings (SSSR count). The van der Waals surface area contributed by atoms with Crippen LogP contribution < -0.4 is 10.7 Å². The molecule has 0 radical (unpaired) electrons. The molecule has 0 spiro atoms. The smallest absolute Gasteiger partial charge is 0.253 e. The molecule has 0 unspecified atom stereocenters. The molecule has 0 amide bonds. The van der Waals surface area contributed by atoms with E-state index in [2.05, 4.69) is 10.0 Å². The number of hydrogen-bond donors (Lipinski definition) is 2. The molecular formula is C10H9N5O2S. The normalized spacial score (nSPS) is 11.2. The van der Waals surface area contributed by atoms with Gasteiger partial charge in [0.2, 0.25) is 0 Å². The molecule has 92 valence electrons. The van der Waals surface area contributed by atoms with E-state index < -0.39 is 10.0 Å². The summed E-state index contributed by atoms with van der Waals surface area (Å²) >= 11 is 0. The Balaban J connectivity index is 2.89. The number of benzene rings is 2. The first-order chi connectivity index (χ1) is 8.60. The van der Waals surface area contributed by atoms with Gasteiger partial charge in [0.05, 0.1) is 4.90 Å². The van der Waals surface area contributed by atoms with Crippen LogP contribution in [-0.4, -0.2) is 8.42 Å². The number of rotatable bonds is 3. The first-order valence-corrected chi connectivity index (χ1v) is 6.38. The molecule has 0 heterocycles. The number of nitrogens with one attached hydrogen (secondary N) is 1. The molecule has 0 bridgehead atoms. The maximum atomic E-state index is 11.7. The zero-order chi connectivity index (χ0) is 13.2. The number of sulfonamides is 1. The van der Waals surface area contributed by atoms with Crippen molar-refractivity contribution < 1.29 is 8.42 Å². The summed E-state index contributed by atoms with van der Waals surface area (Å²) in [5.74, 6) is 5.01. The lowest BCUT2D eigenvalue weighted by atomic mass is 10.1. The summed E-state index contributed by atoms with van der Waals surface area (Å²) in [6.45, 7) is 0. The van der Waals surface area contributed by atoms with Gasteiger partial charge in [0, 0.05) is 16.0 Å². The molecule has 0 fully saturated rings. The average molecular weight is 263 g/mol. The molecule has 0 aliphatic rings. The van der Waals surface area contributed by atoms with Gasteiger partial charge < -0.3 is 0 Å². The topological polar surface area (TPSA) is 121 Å². The van der Waals surface area contributed by atoms with Crippen molar-refractivity contribution in [2.75, 3.05) is 0 Å². The molecule has 0 aliphatic heterocycles. The monoisotopic (exact) mass is 263 g/mol. The molecule has 0 aromatic heterocycles. The van der Waals surface area contributed by atoms with Crippen LogP contribution in [-0.2, 0) is 10.0 Å². The molecule has 8 heteroatoms. The fourth-order valence-corrected chi connectivity index (χ4v) is 2.53. The Kier molecular flexibility index (Phi) is 3.17. The van der Waals surface area contributed by atoms with Crippen molar-refractivity contribution in [1.29, 1.82) is 0 Å². The molecular weight excluding hydrogens is 254 g/mol. The van der Waals surface area contributed by atoms with Crippen molar-refractivity contribution in [3.05, 3.63) is 46.8 Å². The van der Waals surface area contributed by atoms with Gasteiger partial charge in [-0.2, -0.15) is 4.83 Å². The molecule has 3 N–H and O–H groups in total. The molecule has 7 nitrogen and oxygen atoms in total. The summed E-state index contributed by atoms with van der Waals surface area (Å²) in [5, 5.41) is 4.51. The van der Waals surface area contributed by atoms with Gasteiger partial charge in [0.1, 0.15) is 0 Å². The fourth-order valence-electron chi connectivity index (χ4n) is 1.69. The first-order valence-electron chi connectivity index (χ1n) is 4.89. The number of hydrazine groups is 1. The van der Waals surface area contributed by atoms with E-state index in [0.717, 1.165) is 0 Å². The van der Waals surface area contributed by atoms with Crippen LogP contribution in [0.3, 0.4) is 0 Å². The highest BCUT2D eigenvalue weighted by Gasteiger charge is 2.16. The van der Waals surface area contributed by atoms with Crippen LogP contribution in [0.4, 0.5) is 5.69 Å². The van der Waals surface area contributed by atoms with Gasteiger partial charge in [-0.3, -0.25) is 5.84 Å². The highest BCUT2D eigenvalue weighted by Crippen LogP contribution is 2.30. The lowest BCUT2D eigenvalue weighted by Gasteiger charge is -2.08. The third kappa shape index (κ3) is 2.01. The van der Waals surface area contributed by atoms with E-state index in [1.165, 1.54) is 12.1 Å². The number of azide groups is 1. The Morgan fingerprint density at radius 3 is 2.44 bits per heavy atom.